The minimum absolute atomic E-state index is 0.507. The highest BCUT2D eigenvalue weighted by Crippen LogP contribution is 2.25. The number of nitriles is 1. The summed E-state index contributed by atoms with van der Waals surface area (Å²) in [7, 11) is 0. The molecule has 1 aliphatic heterocycles. The van der Waals surface area contributed by atoms with Crippen molar-refractivity contribution in [3.05, 3.63) is 40.7 Å². The molecule has 0 radical (unpaired) electrons. The van der Waals surface area contributed by atoms with E-state index in [1.165, 1.54) is 0 Å². The molecule has 0 fully saturated rings. The van der Waals surface area contributed by atoms with Gasteiger partial charge in [0.15, 0.2) is 5.69 Å². The largest absolute Gasteiger partial charge is 0.324 e. The third kappa shape index (κ3) is 1.78. The van der Waals surface area contributed by atoms with E-state index in [2.05, 4.69) is 20.9 Å². The van der Waals surface area contributed by atoms with Crippen molar-refractivity contribution in [2.45, 2.75) is 13.1 Å². The molecular formula is C13H11ClN4. The molecule has 90 valence electrons. The zero-order valence-electron chi connectivity index (χ0n) is 9.65. The lowest BCUT2D eigenvalue weighted by Gasteiger charge is -2.17. The lowest BCUT2D eigenvalue weighted by atomic mass is 10.2. The molecule has 4 nitrogen and oxygen atoms in total. The number of benzene rings is 1. The number of hydrogen-bond donors (Lipinski definition) is 1. The van der Waals surface area contributed by atoms with E-state index < -0.39 is 0 Å². The summed E-state index contributed by atoms with van der Waals surface area (Å²) >= 11 is 5.89. The van der Waals surface area contributed by atoms with Gasteiger partial charge in [-0.2, -0.15) is 5.26 Å². The number of nitrogens with one attached hydrogen (secondary N) is 1. The van der Waals surface area contributed by atoms with Crippen molar-refractivity contribution in [2.75, 3.05) is 6.54 Å². The Bertz CT molecular complexity index is 622. The quantitative estimate of drug-likeness (QED) is 0.853. The summed E-state index contributed by atoms with van der Waals surface area (Å²) in [5, 5.41) is 13.1. The summed E-state index contributed by atoms with van der Waals surface area (Å²) in [5.74, 6) is 0.847. The molecule has 1 aromatic carbocycles. The first kappa shape index (κ1) is 11.3. The van der Waals surface area contributed by atoms with E-state index in [1.54, 1.807) is 0 Å². The molecule has 1 N–H and O–H groups in total. The fourth-order valence-electron chi connectivity index (χ4n) is 2.21. The Hall–Kier alpha value is -1.83. The number of halogens is 1. The van der Waals surface area contributed by atoms with Crippen LogP contribution in [0.2, 0.25) is 5.02 Å². The summed E-state index contributed by atoms with van der Waals surface area (Å²) in [6, 6.07) is 9.70. The molecule has 0 atom stereocenters. The second-order valence-electron chi connectivity index (χ2n) is 4.18. The smallest absolute Gasteiger partial charge is 0.163 e. The van der Waals surface area contributed by atoms with Crippen molar-refractivity contribution in [3.63, 3.8) is 0 Å². The predicted molar refractivity (Wildman–Crippen MR) is 69.1 cm³/mol. The summed E-state index contributed by atoms with van der Waals surface area (Å²) in [4.78, 5) is 4.43. The fraction of sp³-hybridized carbons (Fsp3) is 0.231. The van der Waals surface area contributed by atoms with E-state index in [0.29, 0.717) is 17.3 Å². The topological polar surface area (TPSA) is 53.6 Å². The monoisotopic (exact) mass is 258 g/mol. The summed E-state index contributed by atoms with van der Waals surface area (Å²) < 4.78 is 2.11. The van der Waals surface area contributed by atoms with Gasteiger partial charge in [-0.05, 0) is 24.3 Å². The van der Waals surface area contributed by atoms with Crippen LogP contribution in [-0.4, -0.2) is 16.1 Å². The Kier molecular flexibility index (Phi) is 2.78. The van der Waals surface area contributed by atoms with Crippen LogP contribution < -0.4 is 5.32 Å². The number of nitrogens with zero attached hydrogens (tertiary/aromatic N) is 3. The Labute approximate surface area is 110 Å². The van der Waals surface area contributed by atoms with Gasteiger partial charge in [-0.3, -0.25) is 0 Å². The first-order valence-corrected chi connectivity index (χ1v) is 6.13. The second-order valence-corrected chi connectivity index (χ2v) is 4.61. The summed E-state index contributed by atoms with van der Waals surface area (Å²) in [5.41, 5.74) is 2.46. The van der Waals surface area contributed by atoms with Gasteiger partial charge in [-0.1, -0.05) is 11.6 Å². The fourth-order valence-corrected chi connectivity index (χ4v) is 2.34. The van der Waals surface area contributed by atoms with Crippen molar-refractivity contribution in [1.29, 1.82) is 5.26 Å². The normalized spacial score (nSPS) is 14.0. The average Bonchev–Trinajstić information content (AvgIpc) is 2.79. The summed E-state index contributed by atoms with van der Waals surface area (Å²) in [6.07, 6.45) is 0. The van der Waals surface area contributed by atoms with Gasteiger partial charge >= 0.3 is 0 Å². The van der Waals surface area contributed by atoms with Gasteiger partial charge in [0.05, 0.1) is 5.69 Å². The highest BCUT2D eigenvalue weighted by molar-refractivity contribution is 6.30. The van der Waals surface area contributed by atoms with Crippen molar-refractivity contribution >= 4 is 11.6 Å². The Balaban J connectivity index is 2.15. The molecule has 0 saturated carbocycles. The molecule has 0 amide bonds. The average molecular weight is 259 g/mol. The van der Waals surface area contributed by atoms with E-state index in [0.717, 1.165) is 30.2 Å². The minimum Gasteiger partial charge on any atom is -0.324 e. The second kappa shape index (κ2) is 4.45. The SMILES string of the molecule is N#Cc1nc(-c2ccc(Cl)cc2)n2c1CNCC2. The Morgan fingerprint density at radius 3 is 2.83 bits per heavy atom. The molecule has 0 spiro atoms. The van der Waals surface area contributed by atoms with Crippen LogP contribution in [0.15, 0.2) is 24.3 Å². The first-order valence-electron chi connectivity index (χ1n) is 5.76. The molecular weight excluding hydrogens is 248 g/mol. The molecule has 1 aliphatic rings. The minimum atomic E-state index is 0.507. The maximum Gasteiger partial charge on any atom is 0.163 e. The van der Waals surface area contributed by atoms with Gasteiger partial charge in [-0.15, -0.1) is 0 Å². The molecule has 5 heteroatoms. The van der Waals surface area contributed by atoms with E-state index >= 15 is 0 Å². The number of hydrogen-bond acceptors (Lipinski definition) is 3. The highest BCUT2D eigenvalue weighted by atomic mass is 35.5. The van der Waals surface area contributed by atoms with E-state index in [4.69, 9.17) is 16.9 Å². The van der Waals surface area contributed by atoms with Crippen molar-refractivity contribution in [3.8, 4) is 17.5 Å². The maximum absolute atomic E-state index is 9.12. The van der Waals surface area contributed by atoms with Crippen LogP contribution in [0.5, 0.6) is 0 Å². The lowest BCUT2D eigenvalue weighted by Crippen LogP contribution is -2.28. The van der Waals surface area contributed by atoms with Crippen LogP contribution >= 0.6 is 11.6 Å². The molecule has 2 aromatic rings. The third-order valence-electron chi connectivity index (χ3n) is 3.09. The molecule has 0 bridgehead atoms. The van der Waals surface area contributed by atoms with E-state index in [-0.39, 0.29) is 0 Å². The molecule has 3 rings (SSSR count). The standard InChI is InChI=1S/C13H11ClN4/c14-10-3-1-9(2-4-10)13-17-11(7-15)12-8-16-5-6-18(12)13/h1-4,16H,5-6,8H2. The molecule has 0 saturated heterocycles. The molecule has 2 heterocycles. The lowest BCUT2D eigenvalue weighted by molar-refractivity contribution is 0.519. The van der Waals surface area contributed by atoms with Gasteiger partial charge in [0.1, 0.15) is 11.9 Å². The zero-order valence-corrected chi connectivity index (χ0v) is 10.4. The predicted octanol–water partition coefficient (Wildman–Crippen LogP) is 2.18. The van der Waals surface area contributed by atoms with Crippen molar-refractivity contribution in [1.82, 2.24) is 14.9 Å². The van der Waals surface area contributed by atoms with Crippen molar-refractivity contribution < 1.29 is 0 Å². The maximum atomic E-state index is 9.12. The molecule has 1 aromatic heterocycles. The molecule has 18 heavy (non-hydrogen) atoms. The Morgan fingerprint density at radius 2 is 2.11 bits per heavy atom. The Morgan fingerprint density at radius 1 is 1.33 bits per heavy atom. The number of rotatable bonds is 1. The van der Waals surface area contributed by atoms with Crippen LogP contribution in [0.25, 0.3) is 11.4 Å². The van der Waals surface area contributed by atoms with Gasteiger partial charge in [0.25, 0.3) is 0 Å². The van der Waals surface area contributed by atoms with Crippen molar-refractivity contribution in [2.24, 2.45) is 0 Å². The van der Waals surface area contributed by atoms with Crippen LogP contribution in [0.4, 0.5) is 0 Å². The van der Waals surface area contributed by atoms with Gasteiger partial charge in [0.2, 0.25) is 0 Å². The number of fused-ring (bicyclic) bond motifs is 1. The molecule has 0 unspecified atom stereocenters. The van der Waals surface area contributed by atoms with Crippen LogP contribution in [0.1, 0.15) is 11.4 Å². The van der Waals surface area contributed by atoms with Gasteiger partial charge < -0.3 is 9.88 Å². The zero-order chi connectivity index (χ0) is 12.5. The summed E-state index contributed by atoms with van der Waals surface area (Å²) in [6.45, 7) is 2.43. The van der Waals surface area contributed by atoms with Crippen LogP contribution in [-0.2, 0) is 13.1 Å². The van der Waals surface area contributed by atoms with Crippen LogP contribution in [0.3, 0.4) is 0 Å². The highest BCUT2D eigenvalue weighted by Gasteiger charge is 2.20. The molecule has 0 aliphatic carbocycles. The van der Waals surface area contributed by atoms with E-state index in [9.17, 15) is 0 Å². The van der Waals surface area contributed by atoms with E-state index in [1.807, 2.05) is 24.3 Å². The number of imidazole rings is 1. The van der Waals surface area contributed by atoms with Gasteiger partial charge in [-0.25, -0.2) is 4.98 Å². The first-order chi connectivity index (χ1) is 8.79. The third-order valence-corrected chi connectivity index (χ3v) is 3.34. The van der Waals surface area contributed by atoms with Crippen LogP contribution in [0, 0.1) is 11.3 Å². The number of aromatic nitrogens is 2. The van der Waals surface area contributed by atoms with Gasteiger partial charge in [0, 0.05) is 30.2 Å².